The van der Waals surface area contributed by atoms with E-state index in [0.29, 0.717) is 19.4 Å². The van der Waals surface area contributed by atoms with Gasteiger partial charge >= 0.3 is 0 Å². The van der Waals surface area contributed by atoms with Gasteiger partial charge in [-0.25, -0.2) is 0 Å². The maximum absolute atomic E-state index is 11.0. The fourth-order valence-corrected chi connectivity index (χ4v) is 5.01. The third kappa shape index (κ3) is 7.11. The van der Waals surface area contributed by atoms with Crippen LogP contribution in [0.5, 0.6) is 11.5 Å². The predicted octanol–water partition coefficient (Wildman–Crippen LogP) is 5.23. The van der Waals surface area contributed by atoms with Crippen molar-refractivity contribution in [3.8, 4) is 11.5 Å². The number of hydrogen-bond acceptors (Lipinski definition) is 5. The van der Waals surface area contributed by atoms with Gasteiger partial charge in [0.15, 0.2) is 0 Å². The predicted molar refractivity (Wildman–Crippen MR) is 138 cm³/mol. The minimum atomic E-state index is -0.788. The van der Waals surface area contributed by atoms with Crippen LogP contribution in [0.2, 0.25) is 5.02 Å². The second kappa shape index (κ2) is 11.8. The molecular weight excluding hydrogens is 448 g/mol. The maximum atomic E-state index is 11.0. The number of ether oxygens (including phenoxy) is 2. The van der Waals surface area contributed by atoms with E-state index in [1.54, 1.807) is 0 Å². The summed E-state index contributed by atoms with van der Waals surface area (Å²) in [4.78, 5) is 4.90. The van der Waals surface area contributed by atoms with E-state index in [1.807, 2.05) is 26.0 Å². The standard InChI is InChI=1S/C28H39ClN2O3/c1-22-18-26(19-23(2)27(22)29)34-21-28(32)10-14-31(15-11-28)20-24-6-8-25(9-7-24)33-17-16-30-12-4-3-5-13-30/h6-9,18-19,32H,3-5,10-17,20-21H2,1-2H3. The lowest BCUT2D eigenvalue weighted by atomic mass is 9.92. The first-order valence-corrected chi connectivity index (χ1v) is 13.1. The number of aryl methyl sites for hydroxylation is 2. The van der Waals surface area contributed by atoms with Gasteiger partial charge in [0.2, 0.25) is 0 Å². The van der Waals surface area contributed by atoms with Crippen molar-refractivity contribution in [1.29, 1.82) is 0 Å². The smallest absolute Gasteiger partial charge is 0.120 e. The first kappa shape index (κ1) is 25.3. The van der Waals surface area contributed by atoms with Crippen molar-refractivity contribution in [3.63, 3.8) is 0 Å². The number of piperidine rings is 2. The lowest BCUT2D eigenvalue weighted by molar-refractivity contribution is -0.0537. The van der Waals surface area contributed by atoms with E-state index in [1.165, 1.54) is 37.9 Å². The summed E-state index contributed by atoms with van der Waals surface area (Å²) in [5.74, 6) is 1.71. The summed E-state index contributed by atoms with van der Waals surface area (Å²) in [6.07, 6.45) is 5.41. The summed E-state index contributed by atoms with van der Waals surface area (Å²) in [5.41, 5.74) is 2.48. The second-order valence-electron chi connectivity index (χ2n) is 10.1. The minimum absolute atomic E-state index is 0.310. The molecule has 2 fully saturated rings. The molecule has 0 unspecified atom stereocenters. The molecule has 2 aliphatic rings. The molecule has 6 heteroatoms. The van der Waals surface area contributed by atoms with Crippen molar-refractivity contribution in [3.05, 3.63) is 58.1 Å². The number of hydrogen-bond donors (Lipinski definition) is 1. The molecule has 0 atom stereocenters. The molecule has 2 heterocycles. The van der Waals surface area contributed by atoms with Gasteiger partial charge in [0.25, 0.3) is 0 Å². The van der Waals surface area contributed by atoms with Crippen molar-refractivity contribution >= 4 is 11.6 Å². The number of rotatable bonds is 9. The molecule has 34 heavy (non-hydrogen) atoms. The van der Waals surface area contributed by atoms with Crippen LogP contribution in [0.1, 0.15) is 48.8 Å². The summed E-state index contributed by atoms with van der Waals surface area (Å²) in [7, 11) is 0. The van der Waals surface area contributed by atoms with Gasteiger partial charge in [-0.2, -0.15) is 0 Å². The molecule has 0 amide bonds. The Morgan fingerprint density at radius 1 is 0.853 bits per heavy atom. The zero-order chi connectivity index (χ0) is 24.0. The minimum Gasteiger partial charge on any atom is -0.492 e. The second-order valence-corrected chi connectivity index (χ2v) is 10.4. The molecule has 2 aliphatic heterocycles. The van der Waals surface area contributed by atoms with E-state index in [0.717, 1.165) is 60.4 Å². The normalized spacial score (nSPS) is 19.2. The lowest BCUT2D eigenvalue weighted by Gasteiger charge is -2.38. The average molecular weight is 487 g/mol. The molecule has 2 aromatic carbocycles. The van der Waals surface area contributed by atoms with Gasteiger partial charge in [0.1, 0.15) is 30.3 Å². The van der Waals surface area contributed by atoms with Gasteiger partial charge < -0.3 is 14.6 Å². The quantitative estimate of drug-likeness (QED) is 0.526. The van der Waals surface area contributed by atoms with Gasteiger partial charge in [-0.1, -0.05) is 30.2 Å². The fourth-order valence-electron chi connectivity index (χ4n) is 4.90. The van der Waals surface area contributed by atoms with Crippen molar-refractivity contribution in [1.82, 2.24) is 9.80 Å². The van der Waals surface area contributed by atoms with Crippen LogP contribution >= 0.6 is 11.6 Å². The first-order valence-electron chi connectivity index (χ1n) is 12.7. The summed E-state index contributed by atoms with van der Waals surface area (Å²) in [6.45, 7) is 11.0. The Hall–Kier alpha value is -1.79. The Morgan fingerprint density at radius 3 is 2.15 bits per heavy atom. The van der Waals surface area contributed by atoms with E-state index in [9.17, 15) is 5.11 Å². The molecule has 2 saturated heterocycles. The largest absolute Gasteiger partial charge is 0.492 e. The van der Waals surface area contributed by atoms with Crippen LogP contribution in [0.3, 0.4) is 0 Å². The highest BCUT2D eigenvalue weighted by molar-refractivity contribution is 6.32. The summed E-state index contributed by atoms with van der Waals surface area (Å²) in [6, 6.07) is 12.4. The summed E-state index contributed by atoms with van der Waals surface area (Å²) >= 11 is 6.25. The van der Waals surface area contributed by atoms with Gasteiger partial charge in [0.05, 0.1) is 0 Å². The first-order chi connectivity index (χ1) is 16.4. The van der Waals surface area contributed by atoms with Crippen LogP contribution < -0.4 is 9.47 Å². The van der Waals surface area contributed by atoms with Crippen LogP contribution in [-0.2, 0) is 6.54 Å². The zero-order valence-electron chi connectivity index (χ0n) is 20.7. The summed E-state index contributed by atoms with van der Waals surface area (Å²) in [5, 5.41) is 11.8. The van der Waals surface area contributed by atoms with E-state index < -0.39 is 5.60 Å². The molecule has 4 rings (SSSR count). The number of halogens is 1. The van der Waals surface area contributed by atoms with E-state index in [-0.39, 0.29) is 0 Å². The molecule has 0 bridgehead atoms. The number of nitrogens with zero attached hydrogens (tertiary/aromatic N) is 2. The molecule has 0 saturated carbocycles. The molecule has 1 N–H and O–H groups in total. The summed E-state index contributed by atoms with van der Waals surface area (Å²) < 4.78 is 11.9. The molecule has 5 nitrogen and oxygen atoms in total. The SMILES string of the molecule is Cc1cc(OCC2(O)CCN(Cc3ccc(OCCN4CCCCC4)cc3)CC2)cc(C)c1Cl. The molecule has 0 radical (unpaired) electrons. The van der Waals surface area contributed by atoms with E-state index in [4.69, 9.17) is 21.1 Å². The fraction of sp³-hybridized carbons (Fsp3) is 0.571. The third-order valence-corrected chi connectivity index (χ3v) is 7.75. The Labute approximate surface area is 209 Å². The highest BCUT2D eigenvalue weighted by atomic mass is 35.5. The lowest BCUT2D eigenvalue weighted by Crippen LogP contribution is -2.47. The molecule has 0 aromatic heterocycles. The van der Waals surface area contributed by atoms with E-state index >= 15 is 0 Å². The van der Waals surface area contributed by atoms with Gasteiger partial charge in [0, 0.05) is 31.2 Å². The molecule has 0 aliphatic carbocycles. The van der Waals surface area contributed by atoms with Crippen LogP contribution in [0.4, 0.5) is 0 Å². The van der Waals surface area contributed by atoms with Crippen molar-refractivity contribution in [2.75, 3.05) is 45.9 Å². The van der Waals surface area contributed by atoms with Gasteiger partial charge in [-0.05, 0) is 93.6 Å². The van der Waals surface area contributed by atoms with Crippen LogP contribution in [0.15, 0.2) is 36.4 Å². The zero-order valence-corrected chi connectivity index (χ0v) is 21.4. The maximum Gasteiger partial charge on any atom is 0.120 e. The Bertz CT molecular complexity index is 897. The molecular formula is C28H39ClN2O3. The van der Waals surface area contributed by atoms with Gasteiger partial charge in [-0.3, -0.25) is 9.80 Å². The van der Waals surface area contributed by atoms with Crippen molar-refractivity contribution < 1.29 is 14.6 Å². The third-order valence-electron chi connectivity index (χ3n) is 7.16. The topological polar surface area (TPSA) is 45.2 Å². The van der Waals surface area contributed by atoms with Crippen LogP contribution in [-0.4, -0.2) is 66.4 Å². The monoisotopic (exact) mass is 486 g/mol. The van der Waals surface area contributed by atoms with Gasteiger partial charge in [-0.15, -0.1) is 0 Å². The van der Waals surface area contributed by atoms with Crippen LogP contribution in [0.25, 0.3) is 0 Å². The van der Waals surface area contributed by atoms with Crippen molar-refractivity contribution in [2.45, 2.75) is 58.1 Å². The van der Waals surface area contributed by atoms with Crippen molar-refractivity contribution in [2.24, 2.45) is 0 Å². The number of aliphatic hydroxyl groups is 1. The Kier molecular flexibility index (Phi) is 8.75. The highest BCUT2D eigenvalue weighted by Crippen LogP contribution is 2.29. The Morgan fingerprint density at radius 2 is 1.50 bits per heavy atom. The molecule has 2 aromatic rings. The number of benzene rings is 2. The molecule has 186 valence electrons. The Balaban J connectivity index is 1.18. The molecule has 0 spiro atoms. The average Bonchev–Trinajstić information content (AvgIpc) is 2.84. The highest BCUT2D eigenvalue weighted by Gasteiger charge is 2.33. The van der Waals surface area contributed by atoms with E-state index in [2.05, 4.69) is 34.1 Å². The van der Waals surface area contributed by atoms with Crippen LogP contribution in [0, 0.1) is 13.8 Å². The number of likely N-dealkylation sites (tertiary alicyclic amines) is 2.